The van der Waals surface area contributed by atoms with Crippen LogP contribution in [0.5, 0.6) is 0 Å². The third kappa shape index (κ3) is 2.50. The summed E-state index contributed by atoms with van der Waals surface area (Å²) in [4.78, 5) is 3.85. The maximum absolute atomic E-state index is 12.1. The van der Waals surface area contributed by atoms with Crippen LogP contribution in [0.15, 0.2) is 12.5 Å². The minimum atomic E-state index is -4.22. The molecule has 1 heterocycles. The Hall–Kier alpha value is -1.04. The first-order valence-corrected chi connectivity index (χ1v) is 4.81. The van der Waals surface area contributed by atoms with E-state index in [1.54, 1.807) is 10.9 Å². The van der Waals surface area contributed by atoms with Crippen molar-refractivity contribution >= 4 is 0 Å². The highest BCUT2D eigenvalue weighted by Gasteiger charge is 2.34. The fourth-order valence-electron chi connectivity index (χ4n) is 1.61. The molecule has 0 radical (unpaired) electrons. The van der Waals surface area contributed by atoms with Gasteiger partial charge >= 0.3 is 6.18 Å². The lowest BCUT2D eigenvalue weighted by molar-refractivity contribution is -0.138. The lowest BCUT2D eigenvalue weighted by Crippen LogP contribution is -2.22. The van der Waals surface area contributed by atoms with E-state index in [9.17, 15) is 13.2 Å². The molecule has 0 spiro atoms. The van der Waals surface area contributed by atoms with E-state index in [0.717, 1.165) is 12.8 Å². The van der Waals surface area contributed by atoms with Crippen molar-refractivity contribution in [1.82, 2.24) is 9.55 Å². The minimum absolute atomic E-state index is 0.307. The number of aromatic nitrogens is 2. The summed E-state index contributed by atoms with van der Waals surface area (Å²) < 4.78 is 38.2. The van der Waals surface area contributed by atoms with Crippen LogP contribution in [0.3, 0.4) is 0 Å². The van der Waals surface area contributed by atoms with Crippen molar-refractivity contribution < 1.29 is 13.2 Å². The van der Waals surface area contributed by atoms with E-state index >= 15 is 0 Å². The first kappa shape index (κ1) is 10.5. The van der Waals surface area contributed by atoms with E-state index < -0.39 is 18.6 Å². The molecule has 1 aromatic heterocycles. The summed E-state index contributed by atoms with van der Waals surface area (Å²) in [7, 11) is 0. The molecule has 1 fully saturated rings. The van der Waals surface area contributed by atoms with Gasteiger partial charge in [0.05, 0.1) is 24.5 Å². The molecule has 1 atom stereocenters. The van der Waals surface area contributed by atoms with Crippen molar-refractivity contribution in [1.29, 1.82) is 0 Å². The molecule has 1 aliphatic rings. The molecule has 0 bridgehead atoms. The number of rotatable bonds is 3. The quantitative estimate of drug-likeness (QED) is 0.846. The third-order valence-electron chi connectivity index (χ3n) is 2.47. The van der Waals surface area contributed by atoms with Gasteiger partial charge in [-0.15, -0.1) is 0 Å². The van der Waals surface area contributed by atoms with Crippen LogP contribution in [0.25, 0.3) is 0 Å². The molecule has 1 aliphatic carbocycles. The monoisotopic (exact) mass is 219 g/mol. The second-order valence-electron chi connectivity index (χ2n) is 3.88. The van der Waals surface area contributed by atoms with Gasteiger partial charge in [0.15, 0.2) is 0 Å². The van der Waals surface area contributed by atoms with Crippen molar-refractivity contribution in [3.8, 4) is 0 Å². The van der Waals surface area contributed by atoms with Crippen molar-refractivity contribution in [2.45, 2.75) is 37.5 Å². The molecule has 2 N–H and O–H groups in total. The van der Waals surface area contributed by atoms with Gasteiger partial charge in [0.1, 0.15) is 0 Å². The van der Waals surface area contributed by atoms with Crippen molar-refractivity contribution in [2.75, 3.05) is 0 Å². The molecule has 0 saturated heterocycles. The van der Waals surface area contributed by atoms with Gasteiger partial charge in [-0.2, -0.15) is 13.2 Å². The lowest BCUT2D eigenvalue weighted by atomic mass is 10.1. The maximum atomic E-state index is 12.1. The summed E-state index contributed by atoms with van der Waals surface area (Å²) in [5.74, 6) is 0. The van der Waals surface area contributed by atoms with Crippen LogP contribution in [0.2, 0.25) is 0 Å². The maximum Gasteiger partial charge on any atom is 0.390 e. The van der Waals surface area contributed by atoms with Gasteiger partial charge in [0.25, 0.3) is 0 Å². The largest absolute Gasteiger partial charge is 0.390 e. The molecule has 0 amide bonds. The second kappa shape index (κ2) is 3.52. The van der Waals surface area contributed by atoms with Crippen molar-refractivity contribution in [2.24, 2.45) is 5.73 Å². The normalized spacial score (nSPS) is 19.2. The fourth-order valence-corrected chi connectivity index (χ4v) is 1.61. The van der Waals surface area contributed by atoms with E-state index in [-0.39, 0.29) is 0 Å². The Morgan fingerprint density at radius 3 is 2.73 bits per heavy atom. The zero-order chi connectivity index (χ0) is 11.1. The molecule has 0 aliphatic heterocycles. The Kier molecular flexibility index (Phi) is 2.46. The first-order chi connectivity index (χ1) is 6.97. The van der Waals surface area contributed by atoms with Gasteiger partial charge < -0.3 is 10.3 Å². The Morgan fingerprint density at radius 2 is 2.20 bits per heavy atom. The van der Waals surface area contributed by atoms with E-state index in [4.69, 9.17) is 5.73 Å². The Bertz CT molecular complexity index is 341. The summed E-state index contributed by atoms with van der Waals surface area (Å²) in [5, 5.41) is 0. The summed E-state index contributed by atoms with van der Waals surface area (Å²) >= 11 is 0. The van der Waals surface area contributed by atoms with Crippen LogP contribution < -0.4 is 5.73 Å². The van der Waals surface area contributed by atoms with Crippen LogP contribution in [-0.4, -0.2) is 15.7 Å². The second-order valence-corrected chi connectivity index (χ2v) is 3.88. The molecule has 2 rings (SSSR count). The molecule has 6 heteroatoms. The molecular weight excluding hydrogens is 207 g/mol. The lowest BCUT2D eigenvalue weighted by Gasteiger charge is -2.15. The molecule has 1 saturated carbocycles. The van der Waals surface area contributed by atoms with Gasteiger partial charge in [0.2, 0.25) is 0 Å². The van der Waals surface area contributed by atoms with E-state index in [2.05, 4.69) is 4.98 Å². The molecule has 84 valence electrons. The molecule has 15 heavy (non-hydrogen) atoms. The molecule has 3 nitrogen and oxygen atoms in total. The molecule has 0 unspecified atom stereocenters. The highest BCUT2D eigenvalue weighted by Crippen LogP contribution is 2.38. The van der Waals surface area contributed by atoms with Crippen LogP contribution in [0.4, 0.5) is 13.2 Å². The summed E-state index contributed by atoms with van der Waals surface area (Å²) in [6, 6.07) is -0.699. The van der Waals surface area contributed by atoms with Crippen LogP contribution in [-0.2, 0) is 0 Å². The van der Waals surface area contributed by atoms with Crippen molar-refractivity contribution in [3.05, 3.63) is 18.2 Å². The summed E-state index contributed by atoms with van der Waals surface area (Å²) in [6.45, 7) is 0. The zero-order valence-electron chi connectivity index (χ0n) is 8.04. The van der Waals surface area contributed by atoms with Gasteiger partial charge in [0, 0.05) is 12.2 Å². The smallest absolute Gasteiger partial charge is 0.330 e. The average Bonchev–Trinajstić information content (AvgIpc) is 2.80. The highest BCUT2D eigenvalue weighted by atomic mass is 19.4. The third-order valence-corrected chi connectivity index (χ3v) is 2.47. The number of nitrogens with zero attached hydrogens (tertiary/aromatic N) is 2. The molecular formula is C9H12F3N3. The zero-order valence-corrected chi connectivity index (χ0v) is 8.04. The molecule has 0 aromatic carbocycles. The number of imidazole rings is 1. The van der Waals surface area contributed by atoms with E-state index in [1.165, 1.54) is 6.20 Å². The van der Waals surface area contributed by atoms with Gasteiger partial charge in [-0.05, 0) is 12.8 Å². The number of nitrogens with two attached hydrogens (primary N) is 1. The number of hydrogen-bond donors (Lipinski definition) is 1. The van der Waals surface area contributed by atoms with Crippen LogP contribution >= 0.6 is 0 Å². The van der Waals surface area contributed by atoms with Gasteiger partial charge in [-0.1, -0.05) is 0 Å². The minimum Gasteiger partial charge on any atom is -0.330 e. The topological polar surface area (TPSA) is 43.8 Å². The number of hydrogen-bond acceptors (Lipinski definition) is 2. The first-order valence-electron chi connectivity index (χ1n) is 4.81. The molecule has 1 aromatic rings. The average molecular weight is 219 g/mol. The fraction of sp³-hybridized carbons (Fsp3) is 0.667. The van der Waals surface area contributed by atoms with Gasteiger partial charge in [-0.3, -0.25) is 0 Å². The number of alkyl halides is 3. The Morgan fingerprint density at radius 1 is 1.53 bits per heavy atom. The Labute approximate surface area is 85.1 Å². The van der Waals surface area contributed by atoms with Crippen LogP contribution in [0.1, 0.15) is 37.0 Å². The standard InChI is InChI=1S/C9H12F3N3/c10-9(11,12)3-7(13)8-4-14-5-15(8)6-1-2-6/h4-7H,1-3,13H2/t7-/m0/s1. The summed E-state index contributed by atoms with van der Waals surface area (Å²) in [6.07, 6.45) is -0.231. The number of halogens is 3. The van der Waals surface area contributed by atoms with Crippen LogP contribution in [0, 0.1) is 0 Å². The predicted molar refractivity (Wildman–Crippen MR) is 48.1 cm³/mol. The van der Waals surface area contributed by atoms with E-state index in [1.807, 2.05) is 0 Å². The predicted octanol–water partition coefficient (Wildman–Crippen LogP) is 2.17. The highest BCUT2D eigenvalue weighted by molar-refractivity contribution is 5.08. The van der Waals surface area contributed by atoms with Crippen molar-refractivity contribution in [3.63, 3.8) is 0 Å². The van der Waals surface area contributed by atoms with Gasteiger partial charge in [-0.25, -0.2) is 4.98 Å². The summed E-state index contributed by atoms with van der Waals surface area (Å²) in [5.41, 5.74) is 5.99. The van der Waals surface area contributed by atoms with E-state index in [0.29, 0.717) is 11.7 Å². The Balaban J connectivity index is 2.10. The SMILES string of the molecule is N[C@@H](CC(F)(F)F)c1cncn1C1CC1.